The van der Waals surface area contributed by atoms with Crippen LogP contribution in [0.3, 0.4) is 0 Å². The maximum atomic E-state index is 10.7. The molecule has 106 valence electrons. The zero-order valence-electron chi connectivity index (χ0n) is 10.8. The molecule has 20 heavy (non-hydrogen) atoms. The van der Waals surface area contributed by atoms with E-state index in [0.717, 1.165) is 25.9 Å². The Morgan fingerprint density at radius 2 is 2.30 bits per heavy atom. The zero-order valence-corrected chi connectivity index (χ0v) is 11.5. The van der Waals surface area contributed by atoms with E-state index in [1.54, 1.807) is 12.5 Å². The van der Waals surface area contributed by atoms with Crippen molar-refractivity contribution >= 4 is 23.4 Å². The van der Waals surface area contributed by atoms with Crippen LogP contribution in [0.5, 0.6) is 0 Å². The van der Waals surface area contributed by atoms with Crippen molar-refractivity contribution in [1.29, 1.82) is 0 Å². The Labute approximate surface area is 121 Å². The first-order valence-electron chi connectivity index (χ1n) is 6.25. The average molecular weight is 295 g/mol. The van der Waals surface area contributed by atoms with Crippen molar-refractivity contribution in [3.05, 3.63) is 41.6 Å². The molecule has 0 aliphatic rings. The van der Waals surface area contributed by atoms with E-state index < -0.39 is 5.97 Å². The summed E-state index contributed by atoms with van der Waals surface area (Å²) in [6.07, 6.45) is 8.73. The van der Waals surface area contributed by atoms with Gasteiger partial charge in [0, 0.05) is 31.7 Å². The van der Waals surface area contributed by atoms with Crippen molar-refractivity contribution in [3.63, 3.8) is 0 Å². The van der Waals surface area contributed by atoms with Crippen molar-refractivity contribution in [2.45, 2.75) is 19.4 Å². The largest absolute Gasteiger partial charge is 0.478 e. The molecule has 2 aromatic rings. The third-order valence-corrected chi connectivity index (χ3v) is 3.07. The molecule has 0 amide bonds. The summed E-state index contributed by atoms with van der Waals surface area (Å²) in [5.74, 6) is -0.523. The van der Waals surface area contributed by atoms with Gasteiger partial charge in [-0.25, -0.2) is 14.8 Å². The van der Waals surface area contributed by atoms with Gasteiger partial charge in [-0.2, -0.15) is 0 Å². The Kier molecular flexibility index (Phi) is 4.95. The van der Waals surface area contributed by atoms with Crippen LogP contribution >= 0.6 is 11.6 Å². The molecule has 0 aliphatic carbocycles. The average Bonchev–Trinajstić information content (AvgIpc) is 2.93. The van der Waals surface area contributed by atoms with Gasteiger partial charge in [0.1, 0.15) is 5.82 Å². The summed E-state index contributed by atoms with van der Waals surface area (Å²) in [4.78, 5) is 18.7. The molecule has 2 aromatic heterocycles. The third kappa shape index (κ3) is 3.96. The first-order valence-corrected chi connectivity index (χ1v) is 6.63. The number of imidazole rings is 1. The highest BCUT2D eigenvalue weighted by molar-refractivity contribution is 6.33. The zero-order chi connectivity index (χ0) is 14.4. The fourth-order valence-corrected chi connectivity index (χ4v) is 1.96. The Morgan fingerprint density at radius 1 is 1.45 bits per heavy atom. The number of unbranched alkanes of at least 4 members (excludes halogenated alkanes) is 1. The number of aromatic carboxylic acids is 1. The summed E-state index contributed by atoms with van der Waals surface area (Å²) < 4.78 is 2.02. The molecule has 0 saturated carbocycles. The van der Waals surface area contributed by atoms with E-state index in [0.29, 0.717) is 10.8 Å². The molecular formula is C13H15ClN4O2. The first kappa shape index (κ1) is 14.3. The van der Waals surface area contributed by atoms with Crippen LogP contribution in [0.2, 0.25) is 5.02 Å². The predicted octanol–water partition coefficient (Wildman–Crippen LogP) is 2.52. The second-order valence-corrected chi connectivity index (χ2v) is 4.70. The van der Waals surface area contributed by atoms with Gasteiger partial charge in [-0.05, 0) is 18.9 Å². The standard InChI is InChI=1S/C13H15ClN4O2/c14-11-7-10(13(19)20)8-17-12(11)16-3-1-2-5-18-6-4-15-9-18/h4,6-9H,1-3,5H2,(H,16,17)(H,19,20). The molecule has 6 nitrogen and oxygen atoms in total. The van der Waals surface area contributed by atoms with Gasteiger partial charge in [0.05, 0.1) is 16.9 Å². The minimum absolute atomic E-state index is 0.0839. The van der Waals surface area contributed by atoms with E-state index in [4.69, 9.17) is 16.7 Å². The van der Waals surface area contributed by atoms with Crippen LogP contribution in [0.15, 0.2) is 31.0 Å². The highest BCUT2D eigenvalue weighted by atomic mass is 35.5. The minimum atomic E-state index is -1.04. The number of carbonyl (C=O) groups is 1. The summed E-state index contributed by atoms with van der Waals surface area (Å²) in [7, 11) is 0. The predicted molar refractivity (Wildman–Crippen MR) is 76.2 cm³/mol. The normalized spacial score (nSPS) is 10.4. The number of nitrogens with one attached hydrogen (secondary N) is 1. The molecule has 0 aromatic carbocycles. The molecule has 0 radical (unpaired) electrons. The lowest BCUT2D eigenvalue weighted by Crippen LogP contribution is -2.07. The van der Waals surface area contributed by atoms with Gasteiger partial charge in [-0.3, -0.25) is 0 Å². The summed E-state index contributed by atoms with van der Waals surface area (Å²) in [6.45, 7) is 1.65. The van der Waals surface area contributed by atoms with E-state index >= 15 is 0 Å². The molecule has 7 heteroatoms. The molecule has 2 heterocycles. The molecule has 2 N–H and O–H groups in total. The second-order valence-electron chi connectivity index (χ2n) is 4.29. The number of nitrogens with zero attached hydrogens (tertiary/aromatic N) is 3. The second kappa shape index (κ2) is 6.91. The summed E-state index contributed by atoms with van der Waals surface area (Å²) in [5.41, 5.74) is 0.0839. The van der Waals surface area contributed by atoms with Gasteiger partial charge in [-0.15, -0.1) is 0 Å². The number of carboxylic acid groups (broad SMARTS) is 1. The maximum absolute atomic E-state index is 10.7. The van der Waals surface area contributed by atoms with Crippen LogP contribution in [0, 0.1) is 0 Å². The minimum Gasteiger partial charge on any atom is -0.478 e. The summed E-state index contributed by atoms with van der Waals surface area (Å²) >= 11 is 5.97. The van der Waals surface area contributed by atoms with Gasteiger partial charge < -0.3 is 15.0 Å². The highest BCUT2D eigenvalue weighted by Crippen LogP contribution is 2.20. The lowest BCUT2D eigenvalue weighted by Gasteiger charge is -2.08. The molecule has 0 bridgehead atoms. The molecule has 0 atom stereocenters. The number of anilines is 1. The summed E-state index contributed by atoms with van der Waals surface area (Å²) in [6, 6.07) is 1.39. The number of rotatable bonds is 7. The smallest absolute Gasteiger partial charge is 0.337 e. The van der Waals surface area contributed by atoms with E-state index in [1.165, 1.54) is 12.3 Å². The summed E-state index contributed by atoms with van der Waals surface area (Å²) in [5, 5.41) is 12.2. The van der Waals surface area contributed by atoms with Crippen molar-refractivity contribution < 1.29 is 9.90 Å². The van der Waals surface area contributed by atoms with Gasteiger partial charge in [0.15, 0.2) is 0 Å². The Hall–Kier alpha value is -2.08. The van der Waals surface area contributed by atoms with Crippen molar-refractivity contribution in [2.24, 2.45) is 0 Å². The van der Waals surface area contributed by atoms with Gasteiger partial charge in [0.25, 0.3) is 0 Å². The maximum Gasteiger partial charge on any atom is 0.337 e. The first-order chi connectivity index (χ1) is 9.66. The SMILES string of the molecule is O=C(O)c1cnc(NCCCCn2ccnc2)c(Cl)c1. The lowest BCUT2D eigenvalue weighted by molar-refractivity contribution is 0.0696. The highest BCUT2D eigenvalue weighted by Gasteiger charge is 2.07. The number of halogens is 1. The monoisotopic (exact) mass is 294 g/mol. The van der Waals surface area contributed by atoms with E-state index in [1.807, 2.05) is 10.8 Å². The van der Waals surface area contributed by atoms with Crippen molar-refractivity contribution in [1.82, 2.24) is 14.5 Å². The number of aryl methyl sites for hydroxylation is 1. The number of hydrogen-bond donors (Lipinski definition) is 2. The molecular weight excluding hydrogens is 280 g/mol. The van der Waals surface area contributed by atoms with Gasteiger partial charge in [-0.1, -0.05) is 11.6 Å². The van der Waals surface area contributed by atoms with Crippen LogP contribution in [-0.4, -0.2) is 32.2 Å². The number of aromatic nitrogens is 3. The van der Waals surface area contributed by atoms with Crippen molar-refractivity contribution in [3.8, 4) is 0 Å². The molecule has 0 spiro atoms. The molecule has 0 unspecified atom stereocenters. The lowest BCUT2D eigenvalue weighted by atomic mass is 10.2. The van der Waals surface area contributed by atoms with Crippen LogP contribution in [0.25, 0.3) is 0 Å². The number of carboxylic acids is 1. The Balaban J connectivity index is 1.75. The fourth-order valence-electron chi connectivity index (χ4n) is 1.73. The van der Waals surface area contributed by atoms with Crippen LogP contribution in [0.4, 0.5) is 5.82 Å². The topological polar surface area (TPSA) is 80.0 Å². The Morgan fingerprint density at radius 3 is 2.95 bits per heavy atom. The number of pyridine rings is 1. The van der Waals surface area contributed by atoms with Gasteiger partial charge >= 0.3 is 5.97 Å². The fraction of sp³-hybridized carbons (Fsp3) is 0.308. The Bertz CT molecular complexity index is 572. The molecule has 0 saturated heterocycles. The third-order valence-electron chi connectivity index (χ3n) is 2.78. The van der Waals surface area contributed by atoms with Crippen molar-refractivity contribution in [2.75, 3.05) is 11.9 Å². The van der Waals surface area contributed by atoms with E-state index in [9.17, 15) is 4.79 Å². The van der Waals surface area contributed by atoms with Crippen LogP contribution in [0.1, 0.15) is 23.2 Å². The van der Waals surface area contributed by atoms with Gasteiger partial charge in [0.2, 0.25) is 0 Å². The molecule has 0 aliphatic heterocycles. The van der Waals surface area contributed by atoms with E-state index in [2.05, 4.69) is 15.3 Å². The molecule has 2 rings (SSSR count). The quantitative estimate of drug-likeness (QED) is 0.767. The van der Waals surface area contributed by atoms with Crippen LogP contribution < -0.4 is 5.32 Å². The molecule has 0 fully saturated rings. The van der Waals surface area contributed by atoms with Crippen LogP contribution in [-0.2, 0) is 6.54 Å². The number of hydrogen-bond acceptors (Lipinski definition) is 4. The van der Waals surface area contributed by atoms with E-state index in [-0.39, 0.29) is 5.56 Å².